The molecule has 0 atom stereocenters. The quantitative estimate of drug-likeness (QED) is 0.451. The van der Waals surface area contributed by atoms with Gasteiger partial charge < -0.3 is 0 Å². The van der Waals surface area contributed by atoms with Crippen LogP contribution in [0.5, 0.6) is 0 Å². The molecule has 2 aromatic rings. The maximum absolute atomic E-state index is 6.18. The number of rotatable bonds is 6. The molecule has 0 aromatic heterocycles. The fourth-order valence-corrected chi connectivity index (χ4v) is 4.14. The summed E-state index contributed by atoms with van der Waals surface area (Å²) in [6, 6.07) is 8.75. The molecule has 3 heteroatoms. The van der Waals surface area contributed by atoms with Gasteiger partial charge in [-0.05, 0) is 85.0 Å². The van der Waals surface area contributed by atoms with Crippen molar-refractivity contribution in [3.8, 4) is 0 Å². The van der Waals surface area contributed by atoms with E-state index in [0.29, 0.717) is 5.96 Å². The summed E-state index contributed by atoms with van der Waals surface area (Å²) >= 11 is 0. The molecule has 0 unspecified atom stereocenters. The normalized spacial score (nSPS) is 10.8. The first-order chi connectivity index (χ1) is 12.4. The third-order valence-electron chi connectivity index (χ3n) is 5.54. The molecule has 26 heavy (non-hydrogen) atoms. The summed E-state index contributed by atoms with van der Waals surface area (Å²) < 4.78 is 2.02. The molecule has 2 aromatic carbocycles. The van der Waals surface area contributed by atoms with E-state index in [1.54, 1.807) is 0 Å². The Morgan fingerprint density at radius 2 is 1.08 bits per heavy atom. The first-order valence-corrected chi connectivity index (χ1v) is 9.81. The fraction of sp³-hybridized carbons (Fsp3) is 0.435. The smallest absolute Gasteiger partial charge is 0.290 e. The minimum absolute atomic E-state index is 0.314. The second-order valence-corrected chi connectivity index (χ2v) is 6.87. The van der Waals surface area contributed by atoms with Gasteiger partial charge in [0.25, 0.3) is 0 Å². The van der Waals surface area contributed by atoms with Crippen LogP contribution in [0.3, 0.4) is 0 Å². The van der Waals surface area contributed by atoms with E-state index in [2.05, 4.69) is 65.8 Å². The first-order valence-electron chi connectivity index (χ1n) is 9.81. The lowest BCUT2D eigenvalue weighted by molar-refractivity contribution is 0.956. The van der Waals surface area contributed by atoms with Gasteiger partial charge in [-0.3, -0.25) is 11.5 Å². The second kappa shape index (κ2) is 8.39. The molecule has 0 radical (unpaired) electrons. The molecule has 0 saturated carbocycles. The molecule has 0 spiro atoms. The summed E-state index contributed by atoms with van der Waals surface area (Å²) in [5, 5.41) is 0. The highest BCUT2D eigenvalue weighted by Crippen LogP contribution is 2.33. The number of nitrogens with zero attached hydrogens (tertiary/aromatic N) is 1. The molecule has 0 amide bonds. The highest BCUT2D eigenvalue weighted by atomic mass is 15.1. The van der Waals surface area contributed by atoms with Crippen molar-refractivity contribution in [3.63, 3.8) is 0 Å². The van der Waals surface area contributed by atoms with Crippen LogP contribution < -0.4 is 16.0 Å². The van der Waals surface area contributed by atoms with E-state index < -0.39 is 0 Å². The van der Waals surface area contributed by atoms with E-state index in [-0.39, 0.29) is 0 Å². The van der Waals surface area contributed by atoms with Gasteiger partial charge in [-0.2, -0.15) is 4.58 Å². The van der Waals surface area contributed by atoms with E-state index in [1.807, 2.05) is 4.58 Å². The molecule has 3 nitrogen and oxygen atoms in total. The van der Waals surface area contributed by atoms with E-state index in [9.17, 15) is 0 Å². The van der Waals surface area contributed by atoms with Crippen LogP contribution in [0.2, 0.25) is 0 Å². The van der Waals surface area contributed by atoms with Gasteiger partial charge in [0.2, 0.25) is 0 Å². The lowest BCUT2D eigenvalue weighted by Gasteiger charge is -2.20. The fourth-order valence-electron chi connectivity index (χ4n) is 4.14. The third-order valence-corrected chi connectivity index (χ3v) is 5.54. The van der Waals surface area contributed by atoms with Gasteiger partial charge in [0.05, 0.1) is 0 Å². The van der Waals surface area contributed by atoms with Gasteiger partial charge in [-0.1, -0.05) is 39.8 Å². The Balaban J connectivity index is 2.77. The van der Waals surface area contributed by atoms with Gasteiger partial charge in [-0.15, -0.1) is 0 Å². The number of hydrogen-bond donors (Lipinski definition) is 2. The van der Waals surface area contributed by atoms with Crippen molar-refractivity contribution in [1.29, 1.82) is 0 Å². The number of benzene rings is 2. The molecule has 0 aliphatic heterocycles. The highest BCUT2D eigenvalue weighted by Gasteiger charge is 2.20. The summed E-state index contributed by atoms with van der Waals surface area (Å²) in [5.74, 6) is 0.314. The van der Waals surface area contributed by atoms with E-state index in [4.69, 9.17) is 11.5 Å². The van der Waals surface area contributed by atoms with Crippen LogP contribution in [0.15, 0.2) is 24.3 Å². The largest absolute Gasteiger partial charge is 0.351 e. The van der Waals surface area contributed by atoms with Crippen molar-refractivity contribution in [2.75, 3.05) is 0 Å². The molecule has 0 fully saturated rings. The summed E-state index contributed by atoms with van der Waals surface area (Å²) in [7, 11) is 0. The lowest BCUT2D eigenvalue weighted by Crippen LogP contribution is -2.34. The molecule has 0 saturated heterocycles. The lowest BCUT2D eigenvalue weighted by atomic mass is 9.94. The Kier molecular flexibility index (Phi) is 6.47. The van der Waals surface area contributed by atoms with E-state index in [1.165, 1.54) is 33.4 Å². The summed E-state index contributed by atoms with van der Waals surface area (Å²) in [5.41, 5.74) is 22.6. The molecule has 4 N–H and O–H groups in total. The SMILES string of the molecule is CCc1ccc([N+](=C(N)N)c2ccc(CC)c(CC)c2C)c(C)c1CC. The van der Waals surface area contributed by atoms with E-state index >= 15 is 0 Å². The molecule has 0 heterocycles. The molecule has 0 aliphatic carbocycles. The third kappa shape index (κ3) is 3.48. The van der Waals surface area contributed by atoms with Crippen LogP contribution in [0, 0.1) is 13.8 Å². The zero-order valence-corrected chi connectivity index (χ0v) is 17.2. The zero-order chi connectivity index (χ0) is 19.4. The maximum Gasteiger partial charge on any atom is 0.351 e. The Labute approximate surface area is 158 Å². The average Bonchev–Trinajstić information content (AvgIpc) is 2.63. The molecular formula is C23H34N3+. The van der Waals surface area contributed by atoms with Crippen LogP contribution in [0.1, 0.15) is 61.1 Å². The van der Waals surface area contributed by atoms with Gasteiger partial charge in [0.1, 0.15) is 11.4 Å². The van der Waals surface area contributed by atoms with Crippen LogP contribution in [-0.2, 0) is 25.7 Å². The van der Waals surface area contributed by atoms with Crippen molar-refractivity contribution in [1.82, 2.24) is 4.58 Å². The Morgan fingerprint density at radius 1 is 0.692 bits per heavy atom. The molecular weight excluding hydrogens is 318 g/mol. The van der Waals surface area contributed by atoms with Crippen LogP contribution >= 0.6 is 0 Å². The molecule has 2 rings (SSSR count). The molecule has 0 bridgehead atoms. The molecule has 0 aliphatic rings. The monoisotopic (exact) mass is 352 g/mol. The summed E-state index contributed by atoms with van der Waals surface area (Å²) in [4.78, 5) is 0. The van der Waals surface area contributed by atoms with Crippen LogP contribution in [0.4, 0.5) is 11.4 Å². The standard InChI is InChI=1S/C23H33N3/c1-7-17-11-13-21(15(5)19(17)9-3)26(23(24)25)22-14-12-18(8-2)20(10-4)16(22)6/h11-14H,7-10H2,1-6H3,(H3,24,25)/p+1. The van der Waals surface area contributed by atoms with Crippen molar-refractivity contribution < 1.29 is 0 Å². The van der Waals surface area contributed by atoms with Gasteiger partial charge >= 0.3 is 5.96 Å². The van der Waals surface area contributed by atoms with Gasteiger partial charge in [0.15, 0.2) is 0 Å². The predicted molar refractivity (Wildman–Crippen MR) is 115 cm³/mol. The minimum atomic E-state index is 0.314. The van der Waals surface area contributed by atoms with Gasteiger partial charge in [0, 0.05) is 0 Å². The summed E-state index contributed by atoms with van der Waals surface area (Å²) in [6.45, 7) is 13.2. The Bertz CT molecular complexity index is 764. The van der Waals surface area contributed by atoms with Crippen molar-refractivity contribution in [3.05, 3.63) is 57.6 Å². The average molecular weight is 353 g/mol. The number of nitrogens with two attached hydrogens (primary N) is 2. The van der Waals surface area contributed by atoms with Crippen LogP contribution in [0.25, 0.3) is 0 Å². The second-order valence-electron chi connectivity index (χ2n) is 6.87. The Morgan fingerprint density at radius 3 is 1.35 bits per heavy atom. The predicted octanol–water partition coefficient (Wildman–Crippen LogP) is 4.66. The highest BCUT2D eigenvalue weighted by molar-refractivity contribution is 5.85. The van der Waals surface area contributed by atoms with Crippen molar-refractivity contribution in [2.24, 2.45) is 11.5 Å². The van der Waals surface area contributed by atoms with Crippen LogP contribution in [-0.4, -0.2) is 5.96 Å². The number of hydrogen-bond acceptors (Lipinski definition) is 0. The van der Waals surface area contributed by atoms with Crippen molar-refractivity contribution >= 4 is 17.3 Å². The molecule has 140 valence electrons. The number of guanidine groups is 1. The topological polar surface area (TPSA) is 55.0 Å². The maximum atomic E-state index is 6.18. The first kappa shape index (κ1) is 20.0. The van der Waals surface area contributed by atoms with E-state index in [0.717, 1.165) is 37.1 Å². The van der Waals surface area contributed by atoms with Crippen molar-refractivity contribution in [2.45, 2.75) is 67.2 Å². The van der Waals surface area contributed by atoms with Gasteiger partial charge in [-0.25, -0.2) is 0 Å². The number of aryl methyl sites for hydroxylation is 2. The summed E-state index contributed by atoms with van der Waals surface area (Å²) in [6.07, 6.45) is 4.09. The zero-order valence-electron chi connectivity index (χ0n) is 17.2. The minimum Gasteiger partial charge on any atom is -0.290 e. The Hall–Kier alpha value is -2.29.